The fraction of sp³-hybridized carbons (Fsp3) is 0.273. The maximum atomic E-state index is 13.6. The molecular weight excluding hydrogens is 299 g/mol. The van der Waals surface area contributed by atoms with E-state index in [1.54, 1.807) is 6.92 Å². The molecular formula is C11H13BrClF2N. The van der Waals surface area contributed by atoms with Crippen LogP contribution in [-0.4, -0.2) is 0 Å². The Bertz CT molecular complexity index is 396. The van der Waals surface area contributed by atoms with Crippen molar-refractivity contribution in [3.63, 3.8) is 0 Å². The second-order valence-electron chi connectivity index (χ2n) is 3.52. The molecule has 0 fully saturated rings. The van der Waals surface area contributed by atoms with Gasteiger partial charge in [0.05, 0.1) is 4.47 Å². The zero-order valence-electron chi connectivity index (χ0n) is 8.77. The molecule has 1 aromatic carbocycles. The average Bonchev–Trinajstić information content (AvgIpc) is 2.11. The first-order chi connectivity index (χ1) is 6.93. The topological polar surface area (TPSA) is 26.0 Å². The summed E-state index contributed by atoms with van der Waals surface area (Å²) >= 11 is 3.00. The van der Waals surface area contributed by atoms with Gasteiger partial charge in [-0.25, -0.2) is 8.78 Å². The van der Waals surface area contributed by atoms with Crippen LogP contribution in [0.4, 0.5) is 8.78 Å². The second kappa shape index (κ2) is 6.33. The normalized spacial score (nSPS) is 11.8. The van der Waals surface area contributed by atoms with E-state index in [0.717, 1.165) is 5.57 Å². The van der Waals surface area contributed by atoms with E-state index in [1.807, 2.05) is 0 Å². The van der Waals surface area contributed by atoms with Crippen molar-refractivity contribution >= 4 is 28.3 Å². The second-order valence-corrected chi connectivity index (χ2v) is 4.38. The van der Waals surface area contributed by atoms with Gasteiger partial charge in [0.25, 0.3) is 0 Å². The lowest BCUT2D eigenvalue weighted by molar-refractivity contribution is 0.520. The first-order valence-corrected chi connectivity index (χ1v) is 5.26. The van der Waals surface area contributed by atoms with Gasteiger partial charge in [0.1, 0.15) is 11.6 Å². The lowest BCUT2D eigenvalue weighted by Crippen LogP contribution is -2.14. The molecule has 0 amide bonds. The van der Waals surface area contributed by atoms with Gasteiger partial charge in [-0.2, -0.15) is 0 Å². The molecule has 5 heteroatoms. The van der Waals surface area contributed by atoms with Gasteiger partial charge in [-0.1, -0.05) is 5.57 Å². The third-order valence-corrected chi connectivity index (χ3v) is 2.63. The van der Waals surface area contributed by atoms with Gasteiger partial charge in [0.2, 0.25) is 0 Å². The highest BCUT2D eigenvalue weighted by Crippen LogP contribution is 2.28. The number of rotatable bonds is 3. The van der Waals surface area contributed by atoms with Crippen molar-refractivity contribution in [2.24, 2.45) is 5.73 Å². The largest absolute Gasteiger partial charge is 0.324 e. The van der Waals surface area contributed by atoms with Crippen molar-refractivity contribution in [1.29, 1.82) is 0 Å². The predicted octanol–water partition coefficient (Wildman–Crippen LogP) is 4.12. The minimum Gasteiger partial charge on any atom is -0.324 e. The van der Waals surface area contributed by atoms with Gasteiger partial charge < -0.3 is 5.73 Å². The molecule has 0 saturated carbocycles. The number of halogens is 4. The van der Waals surface area contributed by atoms with Gasteiger partial charge in [0, 0.05) is 11.6 Å². The Labute approximate surface area is 108 Å². The van der Waals surface area contributed by atoms with Crippen LogP contribution >= 0.6 is 28.3 Å². The molecule has 1 nitrogen and oxygen atoms in total. The fourth-order valence-corrected chi connectivity index (χ4v) is 1.71. The highest BCUT2D eigenvalue weighted by molar-refractivity contribution is 9.10. The van der Waals surface area contributed by atoms with Crippen LogP contribution in [0.15, 0.2) is 28.8 Å². The molecule has 0 radical (unpaired) electrons. The van der Waals surface area contributed by atoms with E-state index in [4.69, 9.17) is 5.73 Å². The molecule has 0 aliphatic rings. The first-order valence-electron chi connectivity index (χ1n) is 4.46. The molecule has 1 atom stereocenters. The lowest BCUT2D eigenvalue weighted by Gasteiger charge is -2.14. The van der Waals surface area contributed by atoms with E-state index in [9.17, 15) is 8.78 Å². The van der Waals surface area contributed by atoms with Crippen LogP contribution in [0, 0.1) is 11.6 Å². The zero-order valence-corrected chi connectivity index (χ0v) is 11.2. The summed E-state index contributed by atoms with van der Waals surface area (Å²) in [5.74, 6) is -1.26. The number of hydrogen-bond donors (Lipinski definition) is 1. The van der Waals surface area contributed by atoms with Crippen LogP contribution < -0.4 is 5.73 Å². The SMILES string of the molecule is C=C(C)C[C@@H](N)c1c(F)ccc(Br)c1F.Cl. The first kappa shape index (κ1) is 15.6. The Balaban J connectivity index is 0.00000225. The Morgan fingerprint density at radius 3 is 2.56 bits per heavy atom. The third kappa shape index (κ3) is 3.54. The monoisotopic (exact) mass is 311 g/mol. The molecule has 2 N–H and O–H groups in total. The minimum atomic E-state index is -0.694. The van der Waals surface area contributed by atoms with Crippen LogP contribution in [-0.2, 0) is 0 Å². The predicted molar refractivity (Wildman–Crippen MR) is 67.7 cm³/mol. The van der Waals surface area contributed by atoms with Crippen molar-refractivity contribution in [1.82, 2.24) is 0 Å². The smallest absolute Gasteiger partial charge is 0.145 e. The van der Waals surface area contributed by atoms with Crippen molar-refractivity contribution < 1.29 is 8.78 Å². The zero-order chi connectivity index (χ0) is 11.6. The van der Waals surface area contributed by atoms with Crippen LogP contribution in [0.25, 0.3) is 0 Å². The molecule has 16 heavy (non-hydrogen) atoms. The standard InChI is InChI=1S/C11H12BrF2N.ClH/c1-6(2)5-9(15)10-8(13)4-3-7(12)11(10)14;/h3-4,9H,1,5,15H2,2H3;1H/t9-;/m1./s1. The quantitative estimate of drug-likeness (QED) is 0.659. The maximum absolute atomic E-state index is 13.6. The summed E-state index contributed by atoms with van der Waals surface area (Å²) in [4.78, 5) is 0. The summed E-state index contributed by atoms with van der Waals surface area (Å²) in [5, 5.41) is 0. The molecule has 0 aromatic heterocycles. The summed E-state index contributed by atoms with van der Waals surface area (Å²) in [7, 11) is 0. The molecule has 0 spiro atoms. The van der Waals surface area contributed by atoms with Crippen molar-refractivity contribution in [3.8, 4) is 0 Å². The highest BCUT2D eigenvalue weighted by Gasteiger charge is 2.18. The maximum Gasteiger partial charge on any atom is 0.145 e. The van der Waals surface area contributed by atoms with Gasteiger partial charge in [-0.15, -0.1) is 19.0 Å². The van der Waals surface area contributed by atoms with Crippen molar-refractivity contribution in [2.75, 3.05) is 0 Å². The molecule has 0 bridgehead atoms. The Hall–Kier alpha value is -0.450. The van der Waals surface area contributed by atoms with E-state index in [-0.39, 0.29) is 22.4 Å². The summed E-state index contributed by atoms with van der Waals surface area (Å²) < 4.78 is 27.1. The minimum absolute atomic E-state index is 0. The summed E-state index contributed by atoms with van der Waals surface area (Å²) in [6.45, 7) is 5.44. The van der Waals surface area contributed by atoms with E-state index >= 15 is 0 Å². The van der Waals surface area contributed by atoms with Crippen LogP contribution in [0.2, 0.25) is 0 Å². The Morgan fingerprint density at radius 2 is 2.06 bits per heavy atom. The summed E-state index contributed by atoms with van der Waals surface area (Å²) in [5.41, 5.74) is 6.41. The van der Waals surface area contributed by atoms with E-state index in [0.29, 0.717) is 6.42 Å². The van der Waals surface area contributed by atoms with E-state index in [2.05, 4.69) is 22.5 Å². The lowest BCUT2D eigenvalue weighted by atomic mass is 10.0. The average molecular weight is 313 g/mol. The van der Waals surface area contributed by atoms with Gasteiger partial charge >= 0.3 is 0 Å². The summed E-state index contributed by atoms with van der Waals surface area (Å²) in [6.07, 6.45) is 0.365. The van der Waals surface area contributed by atoms with E-state index in [1.165, 1.54) is 12.1 Å². The third-order valence-electron chi connectivity index (χ3n) is 2.02. The highest BCUT2D eigenvalue weighted by atomic mass is 79.9. The van der Waals surface area contributed by atoms with Crippen molar-refractivity contribution in [2.45, 2.75) is 19.4 Å². The number of benzene rings is 1. The molecule has 0 aliphatic heterocycles. The summed E-state index contributed by atoms with van der Waals surface area (Å²) in [6, 6.07) is 1.82. The Morgan fingerprint density at radius 1 is 1.50 bits per heavy atom. The van der Waals surface area contributed by atoms with Gasteiger partial charge in [-0.3, -0.25) is 0 Å². The molecule has 0 unspecified atom stereocenters. The van der Waals surface area contributed by atoms with Gasteiger partial charge in [-0.05, 0) is 41.4 Å². The fourth-order valence-electron chi connectivity index (χ4n) is 1.36. The molecule has 0 heterocycles. The van der Waals surface area contributed by atoms with Crippen molar-refractivity contribution in [3.05, 3.63) is 46.0 Å². The van der Waals surface area contributed by atoms with Crippen LogP contribution in [0.5, 0.6) is 0 Å². The van der Waals surface area contributed by atoms with Crippen LogP contribution in [0.3, 0.4) is 0 Å². The van der Waals surface area contributed by atoms with Gasteiger partial charge in [0.15, 0.2) is 0 Å². The molecule has 0 saturated heterocycles. The van der Waals surface area contributed by atoms with Crippen LogP contribution in [0.1, 0.15) is 24.9 Å². The Kier molecular flexibility index (Phi) is 6.15. The molecule has 90 valence electrons. The molecule has 1 aromatic rings. The number of nitrogens with two attached hydrogens (primary N) is 1. The number of hydrogen-bond acceptors (Lipinski definition) is 1. The molecule has 1 rings (SSSR count). The van der Waals surface area contributed by atoms with E-state index < -0.39 is 17.7 Å². The molecule has 0 aliphatic carbocycles.